The smallest absolute Gasteiger partial charge is 0.0248 e. The summed E-state index contributed by atoms with van der Waals surface area (Å²) in [5, 5.41) is 3.23. The summed E-state index contributed by atoms with van der Waals surface area (Å²) in [7, 11) is 0. The molecule has 0 radical (unpaired) electrons. The van der Waals surface area contributed by atoms with E-state index in [0.29, 0.717) is 11.3 Å². The zero-order chi connectivity index (χ0) is 14.7. The maximum absolute atomic E-state index is 6.38. The van der Waals surface area contributed by atoms with Crippen molar-refractivity contribution in [2.45, 2.75) is 55.2 Å². The van der Waals surface area contributed by atoms with Crippen molar-refractivity contribution < 1.29 is 0 Å². The molecular weight excluding hydrogens is 274 g/mol. The molecule has 0 bridgehead atoms. The summed E-state index contributed by atoms with van der Waals surface area (Å²) in [6.07, 6.45) is 6.46. The van der Waals surface area contributed by atoms with Gasteiger partial charge in [-0.3, -0.25) is 0 Å². The van der Waals surface area contributed by atoms with Gasteiger partial charge in [-0.15, -0.1) is 11.8 Å². The molecule has 2 aromatic carbocycles. The Morgan fingerprint density at radius 3 is 2.71 bits per heavy atom. The summed E-state index contributed by atoms with van der Waals surface area (Å²) >= 11 is 1.99. The largest absolute Gasteiger partial charge is 0.327 e. The van der Waals surface area contributed by atoms with Gasteiger partial charge in [0, 0.05) is 16.2 Å². The van der Waals surface area contributed by atoms with Crippen LogP contribution in [0.4, 0.5) is 0 Å². The first-order valence-corrected chi connectivity index (χ1v) is 9.05. The normalized spacial score (nSPS) is 26.1. The van der Waals surface area contributed by atoms with Gasteiger partial charge in [-0.25, -0.2) is 0 Å². The number of hydrogen-bond acceptors (Lipinski definition) is 2. The minimum Gasteiger partial charge on any atom is -0.327 e. The molecule has 1 nitrogen and oxygen atoms in total. The van der Waals surface area contributed by atoms with Crippen LogP contribution >= 0.6 is 11.8 Å². The van der Waals surface area contributed by atoms with E-state index in [0.717, 1.165) is 5.92 Å². The van der Waals surface area contributed by atoms with Gasteiger partial charge < -0.3 is 5.73 Å². The monoisotopic (exact) mass is 299 g/mol. The van der Waals surface area contributed by atoms with Crippen molar-refractivity contribution in [2.75, 3.05) is 0 Å². The molecule has 3 rings (SSSR count). The minimum absolute atomic E-state index is 0.356. The highest BCUT2D eigenvalue weighted by Gasteiger charge is 2.28. The number of thioether (sulfide) groups is 1. The quantitative estimate of drug-likeness (QED) is 0.836. The van der Waals surface area contributed by atoms with E-state index in [4.69, 9.17) is 5.73 Å². The van der Waals surface area contributed by atoms with Crippen LogP contribution in [0.15, 0.2) is 47.4 Å². The number of nitrogens with two attached hydrogens (primary N) is 1. The number of rotatable bonds is 4. The van der Waals surface area contributed by atoms with E-state index in [9.17, 15) is 0 Å². The van der Waals surface area contributed by atoms with E-state index in [1.54, 1.807) is 0 Å². The Morgan fingerprint density at radius 2 is 1.90 bits per heavy atom. The van der Waals surface area contributed by atoms with Gasteiger partial charge in [0.15, 0.2) is 0 Å². The zero-order valence-electron chi connectivity index (χ0n) is 12.8. The lowest BCUT2D eigenvalue weighted by molar-refractivity contribution is 0.317. The lowest BCUT2D eigenvalue weighted by atomic mass is 9.83. The van der Waals surface area contributed by atoms with Crippen molar-refractivity contribution in [1.29, 1.82) is 0 Å². The van der Waals surface area contributed by atoms with Gasteiger partial charge in [-0.2, -0.15) is 0 Å². The van der Waals surface area contributed by atoms with Crippen molar-refractivity contribution in [3.8, 4) is 0 Å². The Hall–Kier alpha value is -0.990. The molecule has 1 aliphatic carbocycles. The molecule has 1 saturated carbocycles. The summed E-state index contributed by atoms with van der Waals surface area (Å²) in [6, 6.07) is 15.7. The highest BCUT2D eigenvalue weighted by atomic mass is 32.2. The van der Waals surface area contributed by atoms with Crippen LogP contribution in [0.5, 0.6) is 0 Å². The molecular formula is C19H25NS. The summed E-state index contributed by atoms with van der Waals surface area (Å²) in [5.74, 6) is 0.882. The second kappa shape index (κ2) is 6.85. The van der Waals surface area contributed by atoms with E-state index in [1.807, 2.05) is 11.8 Å². The minimum atomic E-state index is 0.356. The third-order valence-corrected chi connectivity index (χ3v) is 6.03. The highest BCUT2D eigenvalue weighted by Crippen LogP contribution is 2.38. The van der Waals surface area contributed by atoms with Gasteiger partial charge in [0.2, 0.25) is 0 Å². The molecule has 2 aromatic rings. The Labute approximate surface area is 132 Å². The second-order valence-corrected chi connectivity index (χ2v) is 7.61. The summed E-state index contributed by atoms with van der Waals surface area (Å²) in [6.45, 7) is 2.29. The fourth-order valence-electron chi connectivity index (χ4n) is 3.46. The van der Waals surface area contributed by atoms with Gasteiger partial charge in [-0.05, 0) is 48.1 Å². The molecule has 2 N–H and O–H groups in total. The third-order valence-electron chi connectivity index (χ3n) is 4.66. The van der Waals surface area contributed by atoms with Crippen LogP contribution in [0, 0.1) is 5.92 Å². The number of hydrogen-bond donors (Lipinski definition) is 1. The molecule has 21 heavy (non-hydrogen) atoms. The predicted octanol–water partition coefficient (Wildman–Crippen LogP) is 5.23. The van der Waals surface area contributed by atoms with Gasteiger partial charge in [0.05, 0.1) is 0 Å². The Balaban J connectivity index is 1.73. The van der Waals surface area contributed by atoms with Crippen LogP contribution < -0.4 is 5.73 Å². The van der Waals surface area contributed by atoms with E-state index in [-0.39, 0.29) is 0 Å². The van der Waals surface area contributed by atoms with E-state index >= 15 is 0 Å². The molecule has 0 saturated heterocycles. The molecule has 0 aliphatic heterocycles. The predicted molar refractivity (Wildman–Crippen MR) is 93.8 cm³/mol. The number of benzene rings is 2. The lowest BCUT2D eigenvalue weighted by Crippen LogP contribution is -2.38. The van der Waals surface area contributed by atoms with Crippen molar-refractivity contribution in [2.24, 2.45) is 11.7 Å². The molecule has 3 unspecified atom stereocenters. The topological polar surface area (TPSA) is 26.0 Å². The van der Waals surface area contributed by atoms with Gasteiger partial charge in [0.25, 0.3) is 0 Å². The van der Waals surface area contributed by atoms with Crippen LogP contribution in [-0.2, 0) is 0 Å². The molecule has 0 heterocycles. The Morgan fingerprint density at radius 1 is 1.10 bits per heavy atom. The third kappa shape index (κ3) is 3.61. The number of fused-ring (bicyclic) bond motifs is 1. The lowest BCUT2D eigenvalue weighted by Gasteiger charge is -2.33. The van der Waals surface area contributed by atoms with E-state index in [1.165, 1.54) is 47.8 Å². The fraction of sp³-hybridized carbons (Fsp3) is 0.474. The van der Waals surface area contributed by atoms with E-state index < -0.39 is 0 Å². The molecule has 3 atom stereocenters. The zero-order valence-corrected chi connectivity index (χ0v) is 13.6. The SMILES string of the molecule is CCCC1CCC(N)C(Sc2ccc3ccccc3c2)C1. The first-order chi connectivity index (χ1) is 10.3. The van der Waals surface area contributed by atoms with Crippen LogP contribution in [0.1, 0.15) is 39.0 Å². The van der Waals surface area contributed by atoms with Crippen LogP contribution in [0.3, 0.4) is 0 Å². The summed E-state index contributed by atoms with van der Waals surface area (Å²) in [5.41, 5.74) is 6.38. The maximum atomic E-state index is 6.38. The molecule has 0 spiro atoms. The van der Waals surface area contributed by atoms with Gasteiger partial charge in [0.1, 0.15) is 0 Å². The van der Waals surface area contributed by atoms with Gasteiger partial charge >= 0.3 is 0 Å². The van der Waals surface area contributed by atoms with Crippen LogP contribution in [0.25, 0.3) is 10.8 Å². The fourth-order valence-corrected chi connectivity index (χ4v) is 4.83. The average Bonchev–Trinajstić information content (AvgIpc) is 2.51. The summed E-state index contributed by atoms with van der Waals surface area (Å²) < 4.78 is 0. The van der Waals surface area contributed by atoms with Crippen molar-refractivity contribution >= 4 is 22.5 Å². The molecule has 112 valence electrons. The molecule has 0 amide bonds. The molecule has 1 aliphatic rings. The first kappa shape index (κ1) is 14.9. The Bertz CT molecular complexity index is 595. The van der Waals surface area contributed by atoms with Crippen molar-refractivity contribution in [3.63, 3.8) is 0 Å². The second-order valence-electron chi connectivity index (χ2n) is 6.30. The standard InChI is InChI=1S/C19H25NS/c1-2-5-14-8-11-18(20)19(12-14)21-17-10-9-15-6-3-4-7-16(15)13-17/h3-4,6-7,9-10,13-14,18-19H,2,5,8,11-12,20H2,1H3. The molecule has 0 aromatic heterocycles. The average molecular weight is 299 g/mol. The molecule has 1 fully saturated rings. The summed E-state index contributed by atoms with van der Waals surface area (Å²) in [4.78, 5) is 1.37. The van der Waals surface area contributed by atoms with Crippen LogP contribution in [-0.4, -0.2) is 11.3 Å². The van der Waals surface area contributed by atoms with Crippen LogP contribution in [0.2, 0.25) is 0 Å². The van der Waals surface area contributed by atoms with Crippen molar-refractivity contribution in [1.82, 2.24) is 0 Å². The first-order valence-electron chi connectivity index (χ1n) is 8.17. The maximum Gasteiger partial charge on any atom is 0.0248 e. The Kier molecular flexibility index (Phi) is 4.87. The molecule has 2 heteroatoms. The highest BCUT2D eigenvalue weighted by molar-refractivity contribution is 8.00. The van der Waals surface area contributed by atoms with Crippen molar-refractivity contribution in [3.05, 3.63) is 42.5 Å². The van der Waals surface area contributed by atoms with Gasteiger partial charge in [-0.1, -0.05) is 50.1 Å². The van der Waals surface area contributed by atoms with E-state index in [2.05, 4.69) is 49.4 Å².